The molecule has 1 aliphatic heterocycles. The molecule has 4 nitrogen and oxygen atoms in total. The minimum absolute atomic E-state index is 0.133. The summed E-state index contributed by atoms with van der Waals surface area (Å²) in [6, 6.07) is 20.1. The van der Waals surface area contributed by atoms with Crippen LogP contribution in [0, 0.1) is 11.3 Å². The summed E-state index contributed by atoms with van der Waals surface area (Å²) in [5.74, 6) is -0.325. The highest BCUT2D eigenvalue weighted by Gasteiger charge is 2.11. The molecule has 0 saturated carbocycles. The Morgan fingerprint density at radius 1 is 1.04 bits per heavy atom. The monoisotopic (exact) mass is 359 g/mol. The molecule has 0 spiro atoms. The quantitative estimate of drug-likeness (QED) is 0.628. The Hall–Kier alpha value is -3.06. The Kier molecular flexibility index (Phi) is 6.65. The number of amides is 1. The van der Waals surface area contributed by atoms with Crippen molar-refractivity contribution in [2.45, 2.75) is 25.7 Å². The molecule has 1 aliphatic rings. The van der Waals surface area contributed by atoms with Gasteiger partial charge < -0.3 is 10.2 Å². The van der Waals surface area contributed by atoms with Crippen LogP contribution in [0.3, 0.4) is 0 Å². The van der Waals surface area contributed by atoms with Crippen molar-refractivity contribution >= 4 is 17.7 Å². The third-order valence-electron chi connectivity index (χ3n) is 4.83. The minimum Gasteiger partial charge on any atom is -0.372 e. The largest absolute Gasteiger partial charge is 0.372 e. The smallest absolute Gasteiger partial charge is 0.261 e. The molecule has 3 rings (SSSR count). The van der Waals surface area contributed by atoms with E-state index in [9.17, 15) is 10.1 Å². The van der Waals surface area contributed by atoms with Crippen LogP contribution in [0.4, 0.5) is 5.69 Å². The first-order valence-corrected chi connectivity index (χ1v) is 9.55. The lowest BCUT2D eigenvalue weighted by molar-refractivity contribution is -0.117. The fraction of sp³-hybridized carbons (Fsp3) is 0.304. The average Bonchev–Trinajstić information content (AvgIpc) is 2.74. The number of rotatable bonds is 6. The highest BCUT2D eigenvalue weighted by Crippen LogP contribution is 2.21. The summed E-state index contributed by atoms with van der Waals surface area (Å²) in [6.07, 6.45) is 6.18. The predicted octanol–water partition coefficient (Wildman–Crippen LogP) is 3.94. The Labute approximate surface area is 161 Å². The second kappa shape index (κ2) is 9.59. The van der Waals surface area contributed by atoms with Crippen LogP contribution in [0.15, 0.2) is 60.2 Å². The molecule has 0 aliphatic carbocycles. The molecule has 138 valence electrons. The van der Waals surface area contributed by atoms with Crippen LogP contribution >= 0.6 is 0 Å². The summed E-state index contributed by atoms with van der Waals surface area (Å²) >= 11 is 0. The SMILES string of the molecule is N#C/C(=C\c1ccc(N2CCCCC2)cc1)C(=O)NCCc1ccccc1. The number of nitriles is 1. The molecule has 1 saturated heterocycles. The van der Waals surface area contributed by atoms with Gasteiger partial charge in [-0.1, -0.05) is 42.5 Å². The minimum atomic E-state index is -0.325. The molecule has 1 N–H and O–H groups in total. The molecule has 2 aromatic carbocycles. The maximum atomic E-state index is 12.3. The van der Waals surface area contributed by atoms with E-state index in [1.54, 1.807) is 6.08 Å². The van der Waals surface area contributed by atoms with Gasteiger partial charge >= 0.3 is 0 Å². The molecule has 1 heterocycles. The van der Waals surface area contributed by atoms with Gasteiger partial charge in [-0.05, 0) is 55.0 Å². The summed E-state index contributed by atoms with van der Waals surface area (Å²) in [6.45, 7) is 2.71. The van der Waals surface area contributed by atoms with Gasteiger partial charge in [-0.25, -0.2) is 0 Å². The second-order valence-electron chi connectivity index (χ2n) is 6.80. The molecule has 2 aromatic rings. The summed E-state index contributed by atoms with van der Waals surface area (Å²) in [5, 5.41) is 12.2. The lowest BCUT2D eigenvalue weighted by Crippen LogP contribution is -2.29. The van der Waals surface area contributed by atoms with Crippen molar-refractivity contribution < 1.29 is 4.79 Å². The van der Waals surface area contributed by atoms with E-state index in [0.717, 1.165) is 30.6 Å². The van der Waals surface area contributed by atoms with E-state index in [4.69, 9.17) is 0 Å². The summed E-state index contributed by atoms with van der Waals surface area (Å²) in [4.78, 5) is 14.7. The van der Waals surface area contributed by atoms with Crippen molar-refractivity contribution in [3.63, 3.8) is 0 Å². The highest BCUT2D eigenvalue weighted by atomic mass is 16.1. The van der Waals surface area contributed by atoms with Crippen molar-refractivity contribution in [2.24, 2.45) is 0 Å². The average molecular weight is 359 g/mol. The maximum Gasteiger partial charge on any atom is 0.261 e. The van der Waals surface area contributed by atoms with Gasteiger partial charge in [0, 0.05) is 25.3 Å². The van der Waals surface area contributed by atoms with Gasteiger partial charge in [-0.3, -0.25) is 4.79 Å². The second-order valence-corrected chi connectivity index (χ2v) is 6.80. The van der Waals surface area contributed by atoms with Crippen LogP contribution in [-0.2, 0) is 11.2 Å². The number of piperidine rings is 1. The third-order valence-corrected chi connectivity index (χ3v) is 4.83. The zero-order chi connectivity index (χ0) is 18.9. The normalized spacial score (nSPS) is 14.5. The lowest BCUT2D eigenvalue weighted by atomic mass is 10.1. The number of hydrogen-bond donors (Lipinski definition) is 1. The molecule has 1 fully saturated rings. The first kappa shape index (κ1) is 18.7. The first-order valence-electron chi connectivity index (χ1n) is 9.55. The molecule has 0 bridgehead atoms. The molecular weight excluding hydrogens is 334 g/mol. The van der Waals surface area contributed by atoms with Crippen molar-refractivity contribution in [2.75, 3.05) is 24.5 Å². The number of hydrogen-bond acceptors (Lipinski definition) is 3. The van der Waals surface area contributed by atoms with Crippen molar-refractivity contribution in [3.05, 3.63) is 71.3 Å². The maximum absolute atomic E-state index is 12.3. The zero-order valence-corrected chi connectivity index (χ0v) is 15.5. The van der Waals surface area contributed by atoms with Crippen molar-refractivity contribution in [1.82, 2.24) is 5.32 Å². The molecule has 0 unspecified atom stereocenters. The van der Waals surface area contributed by atoms with E-state index in [2.05, 4.69) is 22.3 Å². The van der Waals surface area contributed by atoms with Crippen LogP contribution < -0.4 is 10.2 Å². The van der Waals surface area contributed by atoms with E-state index in [1.165, 1.54) is 24.9 Å². The van der Waals surface area contributed by atoms with Gasteiger partial charge in [0.05, 0.1) is 0 Å². The number of carbonyl (C=O) groups is 1. The fourth-order valence-electron chi connectivity index (χ4n) is 3.31. The lowest BCUT2D eigenvalue weighted by Gasteiger charge is -2.28. The van der Waals surface area contributed by atoms with Gasteiger partial charge in [0.2, 0.25) is 0 Å². The van der Waals surface area contributed by atoms with Crippen molar-refractivity contribution in [3.8, 4) is 6.07 Å². The molecular formula is C23H25N3O. The highest BCUT2D eigenvalue weighted by molar-refractivity contribution is 6.01. The van der Waals surface area contributed by atoms with Crippen LogP contribution in [-0.4, -0.2) is 25.5 Å². The zero-order valence-electron chi connectivity index (χ0n) is 15.5. The third kappa shape index (κ3) is 5.46. The van der Waals surface area contributed by atoms with Gasteiger partial charge in [0.15, 0.2) is 0 Å². The van der Waals surface area contributed by atoms with E-state index in [0.29, 0.717) is 6.54 Å². The van der Waals surface area contributed by atoms with Crippen LogP contribution in [0.25, 0.3) is 6.08 Å². The van der Waals surface area contributed by atoms with Gasteiger partial charge in [0.1, 0.15) is 11.6 Å². The van der Waals surface area contributed by atoms with Gasteiger partial charge in [0.25, 0.3) is 5.91 Å². The number of anilines is 1. The number of carbonyl (C=O) groups excluding carboxylic acids is 1. The Bertz CT molecular complexity index is 813. The van der Waals surface area contributed by atoms with Gasteiger partial charge in [-0.2, -0.15) is 5.26 Å². The molecule has 1 amide bonds. The van der Waals surface area contributed by atoms with Gasteiger partial charge in [-0.15, -0.1) is 0 Å². The first-order chi connectivity index (χ1) is 13.3. The summed E-state index contributed by atoms with van der Waals surface area (Å²) < 4.78 is 0. The Balaban J connectivity index is 1.57. The molecule has 0 aromatic heterocycles. The van der Waals surface area contributed by atoms with E-state index >= 15 is 0 Å². The summed E-state index contributed by atoms with van der Waals surface area (Å²) in [7, 11) is 0. The predicted molar refractivity (Wildman–Crippen MR) is 109 cm³/mol. The Morgan fingerprint density at radius 2 is 1.74 bits per heavy atom. The van der Waals surface area contributed by atoms with Crippen molar-refractivity contribution in [1.29, 1.82) is 5.26 Å². The Morgan fingerprint density at radius 3 is 2.41 bits per heavy atom. The number of benzene rings is 2. The molecule has 0 radical (unpaired) electrons. The topological polar surface area (TPSA) is 56.1 Å². The number of nitrogens with zero attached hydrogens (tertiary/aromatic N) is 2. The summed E-state index contributed by atoms with van der Waals surface area (Å²) in [5.41, 5.74) is 3.37. The molecule has 27 heavy (non-hydrogen) atoms. The molecule has 0 atom stereocenters. The fourth-order valence-corrected chi connectivity index (χ4v) is 3.31. The van der Waals surface area contributed by atoms with E-state index < -0.39 is 0 Å². The standard InChI is InChI=1S/C23H25N3O/c24-18-21(23(27)25-14-13-19-7-3-1-4-8-19)17-20-9-11-22(12-10-20)26-15-5-2-6-16-26/h1,3-4,7-12,17H,2,5-6,13-16H2,(H,25,27)/b21-17+. The van der Waals surface area contributed by atoms with Crippen LogP contribution in [0.1, 0.15) is 30.4 Å². The van der Waals surface area contributed by atoms with Crippen LogP contribution in [0.5, 0.6) is 0 Å². The van der Waals surface area contributed by atoms with E-state index in [1.807, 2.05) is 48.5 Å². The molecule has 4 heteroatoms. The van der Waals surface area contributed by atoms with Crippen LogP contribution in [0.2, 0.25) is 0 Å². The van der Waals surface area contributed by atoms with E-state index in [-0.39, 0.29) is 11.5 Å². The number of nitrogens with one attached hydrogen (secondary N) is 1.